The first-order chi connectivity index (χ1) is 7.36. The summed E-state index contributed by atoms with van der Waals surface area (Å²) < 4.78 is 10.3. The van der Waals surface area contributed by atoms with E-state index in [-0.39, 0.29) is 6.61 Å². The standard InChI is InChI=1S/C12H16O3/c1-14-9-10-15-12-6-4-11(5-7-12)3-2-8-13/h2-7,13H,8-10H2,1H3. The molecule has 1 aromatic rings. The van der Waals surface area contributed by atoms with Crippen LogP contribution in [0.3, 0.4) is 0 Å². The van der Waals surface area contributed by atoms with Gasteiger partial charge in [-0.25, -0.2) is 0 Å². The maximum Gasteiger partial charge on any atom is 0.119 e. The molecule has 15 heavy (non-hydrogen) atoms. The van der Waals surface area contributed by atoms with Crippen LogP contribution in [0.25, 0.3) is 6.08 Å². The average molecular weight is 208 g/mol. The van der Waals surface area contributed by atoms with Gasteiger partial charge in [-0.3, -0.25) is 0 Å². The number of benzene rings is 1. The molecule has 3 heteroatoms. The van der Waals surface area contributed by atoms with Crippen LogP contribution in [0.15, 0.2) is 30.3 Å². The summed E-state index contributed by atoms with van der Waals surface area (Å²) >= 11 is 0. The summed E-state index contributed by atoms with van der Waals surface area (Å²) in [6.07, 6.45) is 3.56. The number of aliphatic hydroxyl groups excluding tert-OH is 1. The molecule has 0 saturated heterocycles. The zero-order valence-corrected chi connectivity index (χ0v) is 8.85. The van der Waals surface area contributed by atoms with E-state index in [0.717, 1.165) is 11.3 Å². The zero-order chi connectivity index (χ0) is 10.9. The van der Waals surface area contributed by atoms with Crippen LogP contribution in [0.2, 0.25) is 0 Å². The van der Waals surface area contributed by atoms with Gasteiger partial charge >= 0.3 is 0 Å². The summed E-state index contributed by atoms with van der Waals surface area (Å²) in [5.41, 5.74) is 1.04. The Hall–Kier alpha value is -1.32. The van der Waals surface area contributed by atoms with E-state index in [1.165, 1.54) is 0 Å². The Bertz CT molecular complexity index is 290. The molecule has 0 spiro atoms. The third-order valence-electron chi connectivity index (χ3n) is 1.85. The third-order valence-corrected chi connectivity index (χ3v) is 1.85. The van der Waals surface area contributed by atoms with Crippen LogP contribution in [0, 0.1) is 0 Å². The van der Waals surface area contributed by atoms with Gasteiger partial charge in [-0.15, -0.1) is 0 Å². The van der Waals surface area contributed by atoms with Crippen molar-refractivity contribution in [2.45, 2.75) is 0 Å². The SMILES string of the molecule is COCCOc1ccc(C=CCO)cc1. The third kappa shape index (κ3) is 4.63. The topological polar surface area (TPSA) is 38.7 Å². The van der Waals surface area contributed by atoms with Gasteiger partial charge in [0.05, 0.1) is 13.2 Å². The summed E-state index contributed by atoms with van der Waals surface area (Å²) in [6.45, 7) is 1.21. The van der Waals surface area contributed by atoms with Gasteiger partial charge in [0.2, 0.25) is 0 Å². The summed E-state index contributed by atoms with van der Waals surface area (Å²) in [5, 5.41) is 8.60. The van der Waals surface area contributed by atoms with Gasteiger partial charge in [0, 0.05) is 7.11 Å². The lowest BCUT2D eigenvalue weighted by Crippen LogP contribution is -2.03. The van der Waals surface area contributed by atoms with E-state index in [1.807, 2.05) is 30.3 Å². The normalized spacial score (nSPS) is 10.8. The molecule has 0 aliphatic carbocycles. The molecule has 3 nitrogen and oxygen atoms in total. The highest BCUT2D eigenvalue weighted by molar-refractivity contribution is 5.50. The minimum absolute atomic E-state index is 0.0616. The monoisotopic (exact) mass is 208 g/mol. The predicted molar refractivity (Wildman–Crippen MR) is 59.9 cm³/mol. The van der Waals surface area contributed by atoms with Gasteiger partial charge in [-0.2, -0.15) is 0 Å². The first-order valence-electron chi connectivity index (χ1n) is 4.86. The molecular weight excluding hydrogens is 192 g/mol. The Morgan fingerprint density at radius 3 is 2.53 bits per heavy atom. The van der Waals surface area contributed by atoms with Gasteiger partial charge < -0.3 is 14.6 Å². The van der Waals surface area contributed by atoms with E-state index in [9.17, 15) is 0 Å². The number of aliphatic hydroxyl groups is 1. The van der Waals surface area contributed by atoms with Crippen LogP contribution in [0.1, 0.15) is 5.56 Å². The number of hydrogen-bond donors (Lipinski definition) is 1. The fourth-order valence-corrected chi connectivity index (χ4v) is 1.11. The van der Waals surface area contributed by atoms with Crippen molar-refractivity contribution < 1.29 is 14.6 Å². The summed E-state index contributed by atoms with van der Waals surface area (Å²) in [6, 6.07) is 7.67. The highest BCUT2D eigenvalue weighted by atomic mass is 16.5. The van der Waals surface area contributed by atoms with Crippen molar-refractivity contribution in [1.29, 1.82) is 0 Å². The number of hydrogen-bond acceptors (Lipinski definition) is 3. The first-order valence-corrected chi connectivity index (χ1v) is 4.86. The van der Waals surface area contributed by atoms with Crippen molar-refractivity contribution in [3.05, 3.63) is 35.9 Å². The van der Waals surface area contributed by atoms with Gasteiger partial charge in [0.1, 0.15) is 12.4 Å². The average Bonchev–Trinajstić information content (AvgIpc) is 2.28. The smallest absolute Gasteiger partial charge is 0.119 e. The largest absolute Gasteiger partial charge is 0.491 e. The molecule has 0 unspecified atom stereocenters. The molecule has 0 atom stereocenters. The first kappa shape index (κ1) is 11.8. The fraction of sp³-hybridized carbons (Fsp3) is 0.333. The fourth-order valence-electron chi connectivity index (χ4n) is 1.11. The van der Waals surface area contributed by atoms with Gasteiger partial charge in [-0.1, -0.05) is 24.3 Å². The van der Waals surface area contributed by atoms with Gasteiger partial charge in [0.25, 0.3) is 0 Å². The van der Waals surface area contributed by atoms with Crippen molar-refractivity contribution in [1.82, 2.24) is 0 Å². The molecule has 0 aromatic heterocycles. The molecule has 0 heterocycles. The van der Waals surface area contributed by atoms with Crippen LogP contribution >= 0.6 is 0 Å². The van der Waals surface area contributed by atoms with E-state index < -0.39 is 0 Å². The van der Waals surface area contributed by atoms with Crippen molar-refractivity contribution in [2.24, 2.45) is 0 Å². The van der Waals surface area contributed by atoms with Gasteiger partial charge in [0.15, 0.2) is 0 Å². The predicted octanol–water partition coefficient (Wildman–Crippen LogP) is 1.72. The molecule has 0 amide bonds. The lowest BCUT2D eigenvalue weighted by atomic mass is 10.2. The maximum atomic E-state index is 8.60. The molecule has 1 N–H and O–H groups in total. The number of methoxy groups -OCH3 is 1. The molecule has 1 aromatic carbocycles. The number of rotatable bonds is 6. The van der Waals surface area contributed by atoms with E-state index in [0.29, 0.717) is 13.2 Å². The molecule has 0 radical (unpaired) electrons. The van der Waals surface area contributed by atoms with Crippen LogP contribution in [-0.4, -0.2) is 32.0 Å². The quantitative estimate of drug-likeness (QED) is 0.723. The van der Waals surface area contributed by atoms with Crippen molar-refractivity contribution in [3.63, 3.8) is 0 Å². The summed E-state index contributed by atoms with van der Waals surface area (Å²) in [4.78, 5) is 0. The Balaban J connectivity index is 2.45. The van der Waals surface area contributed by atoms with Crippen LogP contribution in [0.5, 0.6) is 5.75 Å². The zero-order valence-electron chi connectivity index (χ0n) is 8.85. The molecule has 0 saturated carbocycles. The van der Waals surface area contributed by atoms with Gasteiger partial charge in [-0.05, 0) is 17.7 Å². The van der Waals surface area contributed by atoms with E-state index in [1.54, 1.807) is 13.2 Å². The van der Waals surface area contributed by atoms with Crippen molar-refractivity contribution >= 4 is 6.08 Å². The second kappa shape index (κ2) is 7.04. The molecule has 0 bridgehead atoms. The second-order valence-electron chi connectivity index (χ2n) is 3.00. The van der Waals surface area contributed by atoms with Crippen LogP contribution in [0.4, 0.5) is 0 Å². The Labute approximate surface area is 90.0 Å². The van der Waals surface area contributed by atoms with E-state index >= 15 is 0 Å². The van der Waals surface area contributed by atoms with Crippen molar-refractivity contribution in [3.8, 4) is 5.75 Å². The molecule has 0 aliphatic rings. The molecule has 82 valence electrons. The Kier molecular flexibility index (Phi) is 5.51. The summed E-state index contributed by atoms with van der Waals surface area (Å²) in [7, 11) is 1.64. The molecule has 1 rings (SSSR count). The van der Waals surface area contributed by atoms with Crippen molar-refractivity contribution in [2.75, 3.05) is 26.9 Å². The Morgan fingerprint density at radius 1 is 1.20 bits per heavy atom. The lowest BCUT2D eigenvalue weighted by molar-refractivity contribution is 0.146. The number of ether oxygens (including phenoxy) is 2. The molecular formula is C12H16O3. The minimum atomic E-state index is 0.0616. The summed E-state index contributed by atoms with van der Waals surface area (Å²) in [5.74, 6) is 0.827. The maximum absolute atomic E-state index is 8.60. The van der Waals surface area contributed by atoms with Crippen LogP contribution in [-0.2, 0) is 4.74 Å². The molecule has 0 fully saturated rings. The van der Waals surface area contributed by atoms with Crippen LogP contribution < -0.4 is 4.74 Å². The molecule has 0 aliphatic heterocycles. The van der Waals surface area contributed by atoms with E-state index in [2.05, 4.69) is 0 Å². The lowest BCUT2D eigenvalue weighted by Gasteiger charge is -2.05. The second-order valence-corrected chi connectivity index (χ2v) is 3.00. The highest BCUT2D eigenvalue weighted by Gasteiger charge is 1.92. The van der Waals surface area contributed by atoms with E-state index in [4.69, 9.17) is 14.6 Å². The highest BCUT2D eigenvalue weighted by Crippen LogP contribution is 2.12. The minimum Gasteiger partial charge on any atom is -0.491 e. The Morgan fingerprint density at radius 2 is 1.93 bits per heavy atom.